The van der Waals surface area contributed by atoms with Crippen LogP contribution in [-0.4, -0.2) is 14.2 Å². The van der Waals surface area contributed by atoms with E-state index >= 15 is 0 Å². The summed E-state index contributed by atoms with van der Waals surface area (Å²) in [5.74, 6) is 1.46. The molecular weight excluding hydrogens is 398 g/mol. The maximum Gasteiger partial charge on any atom is 0.133 e. The van der Waals surface area contributed by atoms with Crippen molar-refractivity contribution in [1.29, 1.82) is 0 Å². The highest BCUT2D eigenvalue weighted by Gasteiger charge is 2.18. The standard InChI is InChI=1S/C16H17Br2NO2/c1-9-6-10(4-5-12(9)17)16(19)11-7-15(21-3)13(18)8-14(11)20-2/h4-8,16H,19H2,1-3H3. The number of aryl methyl sites for hydroxylation is 1. The average molecular weight is 415 g/mol. The van der Waals surface area contributed by atoms with E-state index in [-0.39, 0.29) is 6.04 Å². The first-order valence-corrected chi connectivity index (χ1v) is 7.99. The van der Waals surface area contributed by atoms with E-state index in [2.05, 4.69) is 37.9 Å². The second-order valence-electron chi connectivity index (χ2n) is 4.71. The summed E-state index contributed by atoms with van der Waals surface area (Å²) in [7, 11) is 3.27. The lowest BCUT2D eigenvalue weighted by molar-refractivity contribution is 0.395. The Labute approximate surface area is 141 Å². The Morgan fingerprint density at radius 3 is 2.19 bits per heavy atom. The van der Waals surface area contributed by atoms with Crippen molar-refractivity contribution in [2.45, 2.75) is 13.0 Å². The molecule has 0 saturated carbocycles. The number of methoxy groups -OCH3 is 2. The van der Waals surface area contributed by atoms with Crippen molar-refractivity contribution >= 4 is 31.9 Å². The van der Waals surface area contributed by atoms with Gasteiger partial charge in [-0.05, 0) is 52.2 Å². The van der Waals surface area contributed by atoms with Crippen LogP contribution in [0.2, 0.25) is 0 Å². The molecule has 3 nitrogen and oxygen atoms in total. The maximum atomic E-state index is 6.42. The lowest BCUT2D eigenvalue weighted by atomic mass is 9.97. The largest absolute Gasteiger partial charge is 0.496 e. The molecule has 2 aromatic carbocycles. The number of ether oxygens (including phenoxy) is 2. The van der Waals surface area contributed by atoms with Crippen LogP contribution in [0, 0.1) is 6.92 Å². The third-order valence-electron chi connectivity index (χ3n) is 3.38. The van der Waals surface area contributed by atoms with Gasteiger partial charge in [0.05, 0.1) is 24.7 Å². The first kappa shape index (κ1) is 16.3. The van der Waals surface area contributed by atoms with Crippen LogP contribution in [0.25, 0.3) is 0 Å². The van der Waals surface area contributed by atoms with Gasteiger partial charge >= 0.3 is 0 Å². The van der Waals surface area contributed by atoms with Crippen LogP contribution in [0.3, 0.4) is 0 Å². The molecule has 0 fully saturated rings. The van der Waals surface area contributed by atoms with Gasteiger partial charge in [-0.2, -0.15) is 0 Å². The zero-order valence-corrected chi connectivity index (χ0v) is 15.3. The fourth-order valence-electron chi connectivity index (χ4n) is 2.17. The molecule has 2 N–H and O–H groups in total. The van der Waals surface area contributed by atoms with Crippen molar-refractivity contribution in [2.75, 3.05) is 14.2 Å². The van der Waals surface area contributed by atoms with Crippen molar-refractivity contribution < 1.29 is 9.47 Å². The maximum absolute atomic E-state index is 6.42. The molecular formula is C16H17Br2NO2. The Kier molecular flexibility index (Phi) is 5.30. The molecule has 0 aliphatic heterocycles. The monoisotopic (exact) mass is 413 g/mol. The van der Waals surface area contributed by atoms with Gasteiger partial charge in [0, 0.05) is 10.0 Å². The molecule has 0 aromatic heterocycles. The predicted molar refractivity (Wildman–Crippen MR) is 92.2 cm³/mol. The fourth-order valence-corrected chi connectivity index (χ4v) is 2.90. The molecule has 2 rings (SSSR count). The summed E-state index contributed by atoms with van der Waals surface area (Å²) in [5.41, 5.74) is 9.48. The molecule has 112 valence electrons. The van der Waals surface area contributed by atoms with Gasteiger partial charge in [0.25, 0.3) is 0 Å². The molecule has 0 spiro atoms. The number of rotatable bonds is 4. The van der Waals surface area contributed by atoms with Crippen LogP contribution in [0.4, 0.5) is 0 Å². The van der Waals surface area contributed by atoms with Crippen molar-refractivity contribution in [2.24, 2.45) is 5.73 Å². The Morgan fingerprint density at radius 2 is 1.62 bits per heavy atom. The molecule has 5 heteroatoms. The van der Waals surface area contributed by atoms with Crippen LogP contribution < -0.4 is 15.2 Å². The Hall–Kier alpha value is -1.04. The second-order valence-corrected chi connectivity index (χ2v) is 6.42. The molecule has 0 aliphatic rings. The highest BCUT2D eigenvalue weighted by molar-refractivity contribution is 9.10. The van der Waals surface area contributed by atoms with E-state index in [4.69, 9.17) is 15.2 Å². The van der Waals surface area contributed by atoms with E-state index < -0.39 is 0 Å². The van der Waals surface area contributed by atoms with Gasteiger partial charge in [0.15, 0.2) is 0 Å². The molecule has 0 saturated heterocycles. The van der Waals surface area contributed by atoms with Crippen molar-refractivity contribution in [3.05, 3.63) is 56.0 Å². The Bertz CT molecular complexity index is 659. The van der Waals surface area contributed by atoms with Crippen LogP contribution in [0.15, 0.2) is 39.3 Å². The first-order valence-electron chi connectivity index (χ1n) is 6.41. The summed E-state index contributed by atoms with van der Waals surface area (Å²) < 4.78 is 12.7. The lowest BCUT2D eigenvalue weighted by Crippen LogP contribution is -2.13. The summed E-state index contributed by atoms with van der Waals surface area (Å²) in [5, 5.41) is 0. The topological polar surface area (TPSA) is 44.5 Å². The Morgan fingerprint density at radius 1 is 0.952 bits per heavy atom. The predicted octanol–water partition coefficient (Wildman–Crippen LogP) is 4.59. The van der Waals surface area contributed by atoms with Crippen LogP contribution in [0.5, 0.6) is 11.5 Å². The zero-order valence-electron chi connectivity index (χ0n) is 12.1. The molecule has 1 unspecified atom stereocenters. The molecule has 0 radical (unpaired) electrons. The molecule has 0 amide bonds. The van der Waals surface area contributed by atoms with Gasteiger partial charge in [0.2, 0.25) is 0 Å². The molecule has 1 atom stereocenters. The van der Waals surface area contributed by atoms with E-state index in [1.54, 1.807) is 14.2 Å². The van der Waals surface area contributed by atoms with Crippen molar-refractivity contribution in [1.82, 2.24) is 0 Å². The summed E-state index contributed by atoms with van der Waals surface area (Å²) in [6.07, 6.45) is 0. The van der Waals surface area contributed by atoms with E-state index in [0.717, 1.165) is 37.1 Å². The first-order chi connectivity index (χ1) is 9.97. The molecule has 0 bridgehead atoms. The third kappa shape index (κ3) is 3.42. The number of nitrogens with two attached hydrogens (primary N) is 1. The SMILES string of the molecule is COc1cc(C(N)c2ccc(Br)c(C)c2)c(OC)cc1Br. The van der Waals surface area contributed by atoms with Gasteiger partial charge in [-0.15, -0.1) is 0 Å². The lowest BCUT2D eigenvalue weighted by Gasteiger charge is -2.19. The summed E-state index contributed by atoms with van der Waals surface area (Å²) >= 11 is 6.96. The summed E-state index contributed by atoms with van der Waals surface area (Å²) in [6.45, 7) is 2.04. The average Bonchev–Trinajstić information content (AvgIpc) is 2.49. The highest BCUT2D eigenvalue weighted by atomic mass is 79.9. The van der Waals surface area contributed by atoms with Crippen molar-refractivity contribution in [3.8, 4) is 11.5 Å². The van der Waals surface area contributed by atoms with E-state index in [1.165, 1.54) is 0 Å². The number of hydrogen-bond acceptors (Lipinski definition) is 3. The third-order valence-corrected chi connectivity index (χ3v) is 4.89. The smallest absolute Gasteiger partial charge is 0.133 e. The Balaban J connectivity index is 2.50. The van der Waals surface area contributed by atoms with Crippen LogP contribution >= 0.6 is 31.9 Å². The highest BCUT2D eigenvalue weighted by Crippen LogP contribution is 2.37. The van der Waals surface area contributed by atoms with Gasteiger partial charge in [-0.1, -0.05) is 28.1 Å². The molecule has 0 heterocycles. The second kappa shape index (κ2) is 6.81. The van der Waals surface area contributed by atoms with E-state index in [9.17, 15) is 0 Å². The minimum Gasteiger partial charge on any atom is -0.496 e. The van der Waals surface area contributed by atoms with Crippen LogP contribution in [0.1, 0.15) is 22.7 Å². The molecule has 21 heavy (non-hydrogen) atoms. The summed E-state index contributed by atoms with van der Waals surface area (Å²) in [4.78, 5) is 0. The van der Waals surface area contributed by atoms with Crippen LogP contribution in [-0.2, 0) is 0 Å². The zero-order chi connectivity index (χ0) is 15.6. The fraction of sp³-hybridized carbons (Fsp3) is 0.250. The minimum atomic E-state index is -0.284. The number of hydrogen-bond donors (Lipinski definition) is 1. The normalized spacial score (nSPS) is 12.1. The van der Waals surface area contributed by atoms with E-state index in [1.807, 2.05) is 31.2 Å². The summed E-state index contributed by atoms with van der Waals surface area (Å²) in [6, 6.07) is 9.59. The number of halogens is 2. The van der Waals surface area contributed by atoms with Gasteiger partial charge in [-0.25, -0.2) is 0 Å². The van der Waals surface area contributed by atoms with Gasteiger partial charge < -0.3 is 15.2 Å². The molecule has 0 aliphatic carbocycles. The van der Waals surface area contributed by atoms with Gasteiger partial charge in [0.1, 0.15) is 11.5 Å². The molecule has 2 aromatic rings. The number of benzene rings is 2. The van der Waals surface area contributed by atoms with E-state index in [0.29, 0.717) is 0 Å². The minimum absolute atomic E-state index is 0.284. The van der Waals surface area contributed by atoms with Gasteiger partial charge in [-0.3, -0.25) is 0 Å². The van der Waals surface area contributed by atoms with Crippen molar-refractivity contribution in [3.63, 3.8) is 0 Å². The quantitative estimate of drug-likeness (QED) is 0.795.